The maximum Gasteiger partial charge on any atom is 0.189 e. The monoisotopic (exact) mass is 399 g/mol. The second-order valence-electron chi connectivity index (χ2n) is 5.53. The van der Waals surface area contributed by atoms with Crippen LogP contribution in [0.5, 0.6) is 0 Å². The number of hydrogen-bond donors (Lipinski definition) is 2. The van der Waals surface area contributed by atoms with Gasteiger partial charge in [0.15, 0.2) is 5.96 Å². The first-order valence-electron chi connectivity index (χ1n) is 7.21. The van der Waals surface area contributed by atoms with Gasteiger partial charge in [0.1, 0.15) is 5.65 Å². The van der Waals surface area contributed by atoms with Crippen molar-refractivity contribution in [3.63, 3.8) is 0 Å². The van der Waals surface area contributed by atoms with Crippen LogP contribution in [0.15, 0.2) is 29.5 Å². The number of aryl methyl sites for hydroxylation is 1. The summed E-state index contributed by atoms with van der Waals surface area (Å²) < 4.78 is 2.01. The molecule has 0 atom stereocenters. The predicted octanol–water partition coefficient (Wildman–Crippen LogP) is 2.61. The van der Waals surface area contributed by atoms with Crippen LogP contribution in [0.2, 0.25) is 0 Å². The lowest BCUT2D eigenvalue weighted by molar-refractivity contribution is 0.625. The second-order valence-corrected chi connectivity index (χ2v) is 5.53. The van der Waals surface area contributed by atoms with Gasteiger partial charge in [-0.05, 0) is 37.5 Å². The molecule has 1 aliphatic rings. The minimum absolute atomic E-state index is 0. The van der Waals surface area contributed by atoms with Crippen molar-refractivity contribution in [1.82, 2.24) is 14.7 Å². The van der Waals surface area contributed by atoms with Crippen LogP contribution in [0.1, 0.15) is 36.9 Å². The molecule has 0 aromatic carbocycles. The van der Waals surface area contributed by atoms with E-state index < -0.39 is 0 Å². The summed E-state index contributed by atoms with van der Waals surface area (Å²) >= 11 is 0. The van der Waals surface area contributed by atoms with Gasteiger partial charge in [0.2, 0.25) is 0 Å². The van der Waals surface area contributed by atoms with E-state index >= 15 is 0 Å². The molecule has 6 heteroatoms. The molecule has 1 aliphatic carbocycles. The largest absolute Gasteiger partial charge is 0.370 e. The molecule has 0 saturated heterocycles. The summed E-state index contributed by atoms with van der Waals surface area (Å²) in [5.41, 5.74) is 9.03. The maximum absolute atomic E-state index is 5.92. The summed E-state index contributed by atoms with van der Waals surface area (Å²) in [4.78, 5) is 8.93. The average molecular weight is 399 g/mol. The van der Waals surface area contributed by atoms with Crippen molar-refractivity contribution in [2.45, 2.75) is 45.2 Å². The molecule has 1 fully saturated rings. The number of nitrogens with one attached hydrogen (secondary N) is 1. The second kappa shape index (κ2) is 7.11. The lowest BCUT2D eigenvalue weighted by atomic mass is 10.2. The van der Waals surface area contributed by atoms with Gasteiger partial charge in [-0.15, -0.1) is 24.0 Å². The smallest absolute Gasteiger partial charge is 0.189 e. The van der Waals surface area contributed by atoms with Crippen LogP contribution < -0.4 is 11.1 Å². The first-order valence-corrected chi connectivity index (χ1v) is 7.21. The number of aromatic nitrogens is 2. The standard InChI is InChI=1S/C15H21N5.HI/c1-11-6-7-20-10-13(18-14(20)8-11)9-17-15(16)19-12-4-2-3-5-12;/h6-8,10,12H,2-5,9H2,1H3,(H3,16,17,19);1H. The quantitative estimate of drug-likeness (QED) is 0.474. The minimum Gasteiger partial charge on any atom is -0.370 e. The summed E-state index contributed by atoms with van der Waals surface area (Å²) in [6.07, 6.45) is 8.99. The van der Waals surface area contributed by atoms with E-state index in [2.05, 4.69) is 34.3 Å². The third-order valence-corrected chi connectivity index (χ3v) is 3.78. The Labute approximate surface area is 142 Å². The summed E-state index contributed by atoms with van der Waals surface area (Å²) in [5.74, 6) is 0.533. The highest BCUT2D eigenvalue weighted by atomic mass is 127. The number of rotatable bonds is 3. The topological polar surface area (TPSA) is 67.7 Å². The number of nitrogens with zero attached hydrogens (tertiary/aromatic N) is 3. The van der Waals surface area contributed by atoms with Gasteiger partial charge in [-0.25, -0.2) is 9.98 Å². The molecule has 3 N–H and O–H groups in total. The fraction of sp³-hybridized carbons (Fsp3) is 0.467. The van der Waals surface area contributed by atoms with Crippen molar-refractivity contribution >= 4 is 35.6 Å². The summed E-state index contributed by atoms with van der Waals surface area (Å²) in [5, 5.41) is 3.29. The van der Waals surface area contributed by atoms with E-state index in [-0.39, 0.29) is 24.0 Å². The zero-order chi connectivity index (χ0) is 13.9. The van der Waals surface area contributed by atoms with Crippen LogP contribution in [0.25, 0.3) is 5.65 Å². The number of aliphatic imine (C=N–C) groups is 1. The lowest BCUT2D eigenvalue weighted by Gasteiger charge is -2.11. The van der Waals surface area contributed by atoms with Crippen molar-refractivity contribution in [2.24, 2.45) is 10.7 Å². The Bertz CT molecular complexity index is 628. The SMILES string of the molecule is Cc1ccn2cc(CN=C(N)NC3CCCC3)nc2c1.I. The molecule has 0 radical (unpaired) electrons. The van der Waals surface area contributed by atoms with Crippen LogP contribution in [-0.4, -0.2) is 21.4 Å². The first kappa shape index (κ1) is 16.1. The number of nitrogens with two attached hydrogens (primary N) is 1. The lowest BCUT2D eigenvalue weighted by Crippen LogP contribution is -2.38. The maximum atomic E-state index is 5.92. The molecule has 3 rings (SSSR count). The molecular formula is C15H22IN5. The van der Waals surface area contributed by atoms with Gasteiger partial charge in [0.05, 0.1) is 12.2 Å². The van der Waals surface area contributed by atoms with E-state index in [0.717, 1.165) is 11.3 Å². The molecule has 2 aromatic rings. The number of halogens is 1. The van der Waals surface area contributed by atoms with Crippen molar-refractivity contribution in [3.05, 3.63) is 35.8 Å². The highest BCUT2D eigenvalue weighted by Crippen LogP contribution is 2.17. The van der Waals surface area contributed by atoms with E-state index in [1.807, 2.05) is 16.8 Å². The predicted molar refractivity (Wildman–Crippen MR) is 96.1 cm³/mol. The van der Waals surface area contributed by atoms with Crippen LogP contribution >= 0.6 is 24.0 Å². The Balaban J connectivity index is 0.00000161. The molecule has 0 amide bonds. The van der Waals surface area contributed by atoms with E-state index in [4.69, 9.17) is 5.73 Å². The normalized spacial score (nSPS) is 16.1. The first-order chi connectivity index (χ1) is 9.70. The zero-order valence-corrected chi connectivity index (χ0v) is 14.6. The molecule has 0 bridgehead atoms. The molecule has 0 unspecified atom stereocenters. The number of pyridine rings is 1. The number of imidazole rings is 1. The zero-order valence-electron chi connectivity index (χ0n) is 12.2. The summed E-state index contributed by atoms with van der Waals surface area (Å²) in [6, 6.07) is 4.63. The van der Waals surface area contributed by atoms with Gasteiger partial charge in [-0.2, -0.15) is 0 Å². The fourth-order valence-corrected chi connectivity index (χ4v) is 2.70. The Kier molecular flexibility index (Phi) is 5.44. The van der Waals surface area contributed by atoms with E-state index in [9.17, 15) is 0 Å². The minimum atomic E-state index is 0. The van der Waals surface area contributed by atoms with Crippen LogP contribution in [-0.2, 0) is 6.54 Å². The molecule has 21 heavy (non-hydrogen) atoms. The summed E-state index contributed by atoms with van der Waals surface area (Å²) in [7, 11) is 0. The molecule has 2 aromatic heterocycles. The van der Waals surface area contributed by atoms with Crippen molar-refractivity contribution in [2.75, 3.05) is 0 Å². The Hall–Kier alpha value is -1.31. The Morgan fingerprint density at radius 2 is 2.24 bits per heavy atom. The van der Waals surface area contributed by atoms with E-state index in [1.54, 1.807) is 0 Å². The van der Waals surface area contributed by atoms with E-state index in [0.29, 0.717) is 18.5 Å². The molecular weight excluding hydrogens is 377 g/mol. The Morgan fingerprint density at radius 1 is 1.48 bits per heavy atom. The molecule has 0 spiro atoms. The third-order valence-electron chi connectivity index (χ3n) is 3.78. The van der Waals surface area contributed by atoms with Gasteiger partial charge in [0.25, 0.3) is 0 Å². The molecule has 5 nitrogen and oxygen atoms in total. The Morgan fingerprint density at radius 3 is 3.00 bits per heavy atom. The van der Waals surface area contributed by atoms with Gasteiger partial charge in [0, 0.05) is 18.4 Å². The van der Waals surface area contributed by atoms with Gasteiger partial charge in [-0.3, -0.25) is 0 Å². The molecule has 2 heterocycles. The van der Waals surface area contributed by atoms with Crippen molar-refractivity contribution in [3.8, 4) is 0 Å². The molecule has 1 saturated carbocycles. The van der Waals surface area contributed by atoms with Gasteiger partial charge >= 0.3 is 0 Å². The van der Waals surface area contributed by atoms with Gasteiger partial charge in [-0.1, -0.05) is 12.8 Å². The van der Waals surface area contributed by atoms with Crippen LogP contribution in [0.4, 0.5) is 0 Å². The number of guanidine groups is 1. The van der Waals surface area contributed by atoms with E-state index in [1.165, 1.54) is 31.2 Å². The third kappa shape index (κ3) is 4.09. The summed E-state index contributed by atoms with van der Waals surface area (Å²) in [6.45, 7) is 2.59. The molecule has 0 aliphatic heterocycles. The van der Waals surface area contributed by atoms with Crippen LogP contribution in [0, 0.1) is 6.92 Å². The molecule has 114 valence electrons. The fourth-order valence-electron chi connectivity index (χ4n) is 2.70. The highest BCUT2D eigenvalue weighted by molar-refractivity contribution is 14.0. The van der Waals surface area contributed by atoms with Crippen molar-refractivity contribution in [1.29, 1.82) is 0 Å². The van der Waals surface area contributed by atoms with Crippen LogP contribution in [0.3, 0.4) is 0 Å². The highest BCUT2D eigenvalue weighted by Gasteiger charge is 2.14. The average Bonchev–Trinajstić information content (AvgIpc) is 3.04. The number of hydrogen-bond acceptors (Lipinski definition) is 2. The van der Waals surface area contributed by atoms with Gasteiger partial charge < -0.3 is 15.5 Å². The van der Waals surface area contributed by atoms with Crippen molar-refractivity contribution < 1.29 is 0 Å². The number of fused-ring (bicyclic) bond motifs is 1.